The van der Waals surface area contributed by atoms with Gasteiger partial charge in [-0.2, -0.15) is 0 Å². The number of aromatic nitrogens is 3. The third-order valence-corrected chi connectivity index (χ3v) is 5.45. The van der Waals surface area contributed by atoms with Crippen LogP contribution in [0.1, 0.15) is 37.0 Å². The summed E-state index contributed by atoms with van der Waals surface area (Å²) in [5, 5.41) is 14.0. The fraction of sp³-hybridized carbons (Fsp3) is 0.417. The van der Waals surface area contributed by atoms with Gasteiger partial charge < -0.3 is 18.9 Å². The molecule has 31 heavy (non-hydrogen) atoms. The van der Waals surface area contributed by atoms with Crippen molar-refractivity contribution in [1.29, 1.82) is 0 Å². The number of hydrogen-bond acceptors (Lipinski definition) is 6. The molecule has 162 valence electrons. The second-order valence-corrected chi connectivity index (χ2v) is 8.36. The summed E-state index contributed by atoms with van der Waals surface area (Å²) in [7, 11) is 1.73. The molecule has 0 bridgehead atoms. The third-order valence-electron chi connectivity index (χ3n) is 5.45. The lowest BCUT2D eigenvalue weighted by atomic mass is 9.82. The van der Waals surface area contributed by atoms with Crippen molar-refractivity contribution in [2.75, 3.05) is 33.4 Å². The van der Waals surface area contributed by atoms with Gasteiger partial charge in [-0.3, -0.25) is 4.90 Å². The van der Waals surface area contributed by atoms with Gasteiger partial charge in [-0.1, -0.05) is 17.0 Å². The highest BCUT2D eigenvalue weighted by Gasteiger charge is 2.36. The van der Waals surface area contributed by atoms with Crippen molar-refractivity contribution >= 4 is 0 Å². The van der Waals surface area contributed by atoms with Crippen LogP contribution in [0, 0.1) is 17.3 Å². The van der Waals surface area contributed by atoms with Crippen LogP contribution >= 0.6 is 0 Å². The molecule has 0 radical (unpaired) electrons. The van der Waals surface area contributed by atoms with Crippen molar-refractivity contribution in [2.45, 2.75) is 26.5 Å². The Kier molecular flexibility index (Phi) is 6.23. The van der Waals surface area contributed by atoms with E-state index in [9.17, 15) is 5.11 Å². The molecule has 1 N–H and O–H groups in total. The number of aliphatic hydroxyl groups is 1. The summed E-state index contributed by atoms with van der Waals surface area (Å²) in [6, 6.07) is 9.94. The van der Waals surface area contributed by atoms with Gasteiger partial charge in [-0.25, -0.2) is 4.98 Å². The molecule has 1 saturated heterocycles. The van der Waals surface area contributed by atoms with Crippen LogP contribution in [0.25, 0.3) is 11.3 Å². The number of ether oxygens (including phenoxy) is 1. The number of methoxy groups -OCH3 is 1. The molecule has 3 aromatic rings. The Hall–Kier alpha value is -2.92. The smallest absolute Gasteiger partial charge is 0.167 e. The van der Waals surface area contributed by atoms with Crippen molar-refractivity contribution in [3.05, 3.63) is 59.8 Å². The zero-order chi connectivity index (χ0) is 21.8. The van der Waals surface area contributed by atoms with Gasteiger partial charge in [0.25, 0.3) is 0 Å². The highest BCUT2D eigenvalue weighted by molar-refractivity contribution is 5.59. The predicted octanol–water partition coefficient (Wildman–Crippen LogP) is 2.96. The van der Waals surface area contributed by atoms with Crippen LogP contribution in [0.2, 0.25) is 0 Å². The molecule has 1 fully saturated rings. The van der Waals surface area contributed by atoms with Crippen LogP contribution in [-0.4, -0.2) is 58.1 Å². The Balaban J connectivity index is 1.38. The molecule has 2 aromatic heterocycles. The van der Waals surface area contributed by atoms with Gasteiger partial charge in [-0.15, -0.1) is 0 Å². The topological polar surface area (TPSA) is 76.5 Å². The van der Waals surface area contributed by atoms with Gasteiger partial charge in [0.15, 0.2) is 5.76 Å². The molecule has 1 atom stereocenters. The van der Waals surface area contributed by atoms with Gasteiger partial charge in [-0.05, 0) is 38.1 Å². The number of hydrogen-bond donors (Lipinski definition) is 1. The molecule has 0 saturated carbocycles. The van der Waals surface area contributed by atoms with Gasteiger partial charge in [0.1, 0.15) is 17.6 Å². The Bertz CT molecular complexity index is 1070. The fourth-order valence-corrected chi connectivity index (χ4v) is 3.86. The van der Waals surface area contributed by atoms with Crippen LogP contribution in [0.3, 0.4) is 0 Å². The zero-order valence-corrected chi connectivity index (χ0v) is 18.2. The second kappa shape index (κ2) is 9.06. The van der Waals surface area contributed by atoms with Crippen molar-refractivity contribution < 1.29 is 14.4 Å². The molecule has 1 aromatic carbocycles. The maximum Gasteiger partial charge on any atom is 0.167 e. The molecule has 7 nitrogen and oxygen atoms in total. The largest absolute Gasteiger partial charge is 0.385 e. The Morgan fingerprint density at radius 3 is 2.77 bits per heavy atom. The van der Waals surface area contributed by atoms with E-state index in [1.165, 1.54) is 0 Å². The van der Waals surface area contributed by atoms with Gasteiger partial charge in [0.2, 0.25) is 0 Å². The van der Waals surface area contributed by atoms with Crippen LogP contribution in [0.15, 0.2) is 47.2 Å². The summed E-state index contributed by atoms with van der Waals surface area (Å²) in [6.07, 6.45) is 2.86. The van der Waals surface area contributed by atoms with Crippen LogP contribution < -0.4 is 0 Å². The van der Waals surface area contributed by atoms with Crippen molar-refractivity contribution in [3.8, 4) is 23.2 Å². The maximum absolute atomic E-state index is 9.80. The Labute approximate surface area is 182 Å². The van der Waals surface area contributed by atoms with Crippen molar-refractivity contribution in [2.24, 2.45) is 5.41 Å². The summed E-state index contributed by atoms with van der Waals surface area (Å²) in [4.78, 5) is 6.54. The Morgan fingerprint density at radius 1 is 1.29 bits per heavy atom. The molecule has 7 heteroatoms. The molecule has 0 aliphatic carbocycles. The summed E-state index contributed by atoms with van der Waals surface area (Å²) in [6.45, 7) is 8.08. The monoisotopic (exact) mass is 420 g/mol. The van der Waals surface area contributed by atoms with Crippen LogP contribution in [0.5, 0.6) is 0 Å². The SMILES string of the molecule is COCCN1CC(C)(C#Cc2ccc(-c3cc(Cn4ccnc4[C@H](C)O)no3)cc2)C1. The lowest BCUT2D eigenvalue weighted by molar-refractivity contribution is 0.0365. The first kappa shape index (κ1) is 21.3. The number of imidazole rings is 1. The Morgan fingerprint density at radius 2 is 2.06 bits per heavy atom. The molecule has 1 aliphatic heterocycles. The van der Waals surface area contributed by atoms with Gasteiger partial charge in [0, 0.05) is 56.3 Å². The minimum absolute atomic E-state index is 0.0461. The number of aliphatic hydroxyl groups excluding tert-OH is 1. The van der Waals surface area contributed by atoms with E-state index in [4.69, 9.17) is 9.26 Å². The van der Waals surface area contributed by atoms with E-state index in [-0.39, 0.29) is 5.41 Å². The van der Waals surface area contributed by atoms with E-state index in [0.717, 1.165) is 43.1 Å². The average Bonchev–Trinajstić information content (AvgIpc) is 3.39. The number of rotatable bonds is 7. The summed E-state index contributed by atoms with van der Waals surface area (Å²) in [5.74, 6) is 8.04. The first-order valence-corrected chi connectivity index (χ1v) is 10.5. The molecule has 0 spiro atoms. The lowest BCUT2D eigenvalue weighted by Gasteiger charge is -2.44. The molecule has 0 amide bonds. The molecule has 3 heterocycles. The quantitative estimate of drug-likeness (QED) is 0.592. The minimum Gasteiger partial charge on any atom is -0.385 e. The van der Waals surface area contributed by atoms with Crippen molar-refractivity contribution in [1.82, 2.24) is 19.6 Å². The van der Waals surface area contributed by atoms with Crippen LogP contribution in [0.4, 0.5) is 0 Å². The van der Waals surface area contributed by atoms with E-state index in [0.29, 0.717) is 18.1 Å². The minimum atomic E-state index is -0.634. The third kappa shape index (κ3) is 5.05. The van der Waals surface area contributed by atoms with E-state index >= 15 is 0 Å². The number of likely N-dealkylation sites (tertiary alicyclic amines) is 1. The average molecular weight is 421 g/mol. The zero-order valence-electron chi connectivity index (χ0n) is 18.2. The summed E-state index contributed by atoms with van der Waals surface area (Å²) < 4.78 is 12.5. The predicted molar refractivity (Wildman–Crippen MR) is 117 cm³/mol. The number of nitrogens with zero attached hydrogens (tertiary/aromatic N) is 4. The standard InChI is InChI=1S/C24H28N4O3/c1-18(29)23-25-10-11-28(23)15-21-14-22(31-26-21)20-6-4-19(5-7-20)8-9-24(2)16-27(17-24)12-13-30-3/h4-7,10-11,14,18,29H,12-13,15-17H2,1-3H3/t18-/m0/s1. The molecule has 4 rings (SSSR count). The van der Waals surface area contributed by atoms with Gasteiger partial charge >= 0.3 is 0 Å². The fourth-order valence-electron chi connectivity index (χ4n) is 3.86. The first-order chi connectivity index (χ1) is 15.0. The summed E-state index contributed by atoms with van der Waals surface area (Å²) >= 11 is 0. The number of benzene rings is 1. The van der Waals surface area contributed by atoms with Crippen LogP contribution in [-0.2, 0) is 11.3 Å². The summed E-state index contributed by atoms with van der Waals surface area (Å²) in [5.41, 5.74) is 2.76. The molecular formula is C24H28N4O3. The van der Waals surface area contributed by atoms with Crippen molar-refractivity contribution in [3.63, 3.8) is 0 Å². The van der Waals surface area contributed by atoms with E-state index in [2.05, 4.69) is 33.8 Å². The van der Waals surface area contributed by atoms with E-state index in [1.54, 1.807) is 20.2 Å². The molecular weight excluding hydrogens is 392 g/mol. The maximum atomic E-state index is 9.80. The van der Waals surface area contributed by atoms with E-state index in [1.807, 2.05) is 41.1 Å². The lowest BCUT2D eigenvalue weighted by Crippen LogP contribution is -2.54. The first-order valence-electron chi connectivity index (χ1n) is 10.5. The second-order valence-electron chi connectivity index (χ2n) is 8.36. The normalized spacial score (nSPS) is 16.4. The van der Waals surface area contributed by atoms with E-state index < -0.39 is 6.10 Å². The molecule has 1 aliphatic rings. The van der Waals surface area contributed by atoms with Gasteiger partial charge in [0.05, 0.1) is 18.6 Å². The molecule has 0 unspecified atom stereocenters. The highest BCUT2D eigenvalue weighted by atomic mass is 16.5. The highest BCUT2D eigenvalue weighted by Crippen LogP contribution is 2.28.